The van der Waals surface area contributed by atoms with Gasteiger partial charge in [0.1, 0.15) is 5.25 Å². The molecular formula is C23H21NO3S. The number of hydrogen-bond acceptors (Lipinski definition) is 4. The zero-order chi connectivity index (χ0) is 19.8. The smallest absolute Gasteiger partial charge is 0.324 e. The zero-order valence-electron chi connectivity index (χ0n) is 15.5. The van der Waals surface area contributed by atoms with E-state index in [1.54, 1.807) is 0 Å². The summed E-state index contributed by atoms with van der Waals surface area (Å²) in [5.41, 5.74) is 2.49. The van der Waals surface area contributed by atoms with Crippen LogP contribution in [-0.2, 0) is 14.3 Å². The summed E-state index contributed by atoms with van der Waals surface area (Å²) >= 11 is 1.40. The van der Waals surface area contributed by atoms with Gasteiger partial charge >= 0.3 is 5.97 Å². The fourth-order valence-corrected chi connectivity index (χ4v) is 3.67. The molecule has 1 amide bonds. The highest BCUT2D eigenvalue weighted by molar-refractivity contribution is 8.00. The van der Waals surface area contributed by atoms with Crippen LogP contribution in [0.3, 0.4) is 0 Å². The third-order valence-electron chi connectivity index (χ3n) is 4.08. The van der Waals surface area contributed by atoms with Gasteiger partial charge in [-0.3, -0.25) is 9.59 Å². The average Bonchev–Trinajstić information content (AvgIpc) is 2.73. The van der Waals surface area contributed by atoms with Gasteiger partial charge in [-0.25, -0.2) is 0 Å². The monoisotopic (exact) mass is 391 g/mol. The Labute approximate surface area is 168 Å². The molecule has 0 bridgehead atoms. The SMILES string of the molecule is Cc1ccccc1NC(=O)COC(=O)[C@H](Sc1ccccc1)c1ccccc1. The van der Waals surface area contributed by atoms with Crippen molar-refractivity contribution in [2.24, 2.45) is 0 Å². The molecule has 1 atom stereocenters. The Hall–Kier alpha value is -3.05. The first-order chi connectivity index (χ1) is 13.6. The molecule has 0 saturated carbocycles. The van der Waals surface area contributed by atoms with Gasteiger partial charge in [-0.2, -0.15) is 0 Å². The summed E-state index contributed by atoms with van der Waals surface area (Å²) in [5.74, 6) is -0.806. The number of nitrogens with one attached hydrogen (secondary N) is 1. The van der Waals surface area contributed by atoms with Crippen LogP contribution in [0.15, 0.2) is 89.8 Å². The number of anilines is 1. The number of para-hydroxylation sites is 1. The lowest BCUT2D eigenvalue weighted by Gasteiger charge is -2.16. The molecule has 28 heavy (non-hydrogen) atoms. The lowest BCUT2D eigenvalue weighted by molar-refractivity contribution is -0.146. The van der Waals surface area contributed by atoms with Gasteiger partial charge in [-0.1, -0.05) is 66.7 Å². The van der Waals surface area contributed by atoms with Gasteiger partial charge in [0.15, 0.2) is 6.61 Å². The van der Waals surface area contributed by atoms with Crippen molar-refractivity contribution in [1.29, 1.82) is 0 Å². The third-order valence-corrected chi connectivity index (χ3v) is 5.32. The predicted octanol–water partition coefficient (Wildman–Crippen LogP) is 5.01. The number of benzene rings is 3. The molecule has 142 valence electrons. The molecule has 0 saturated heterocycles. The van der Waals surface area contributed by atoms with Crippen LogP contribution in [0.5, 0.6) is 0 Å². The van der Waals surface area contributed by atoms with Gasteiger partial charge in [-0.05, 0) is 36.2 Å². The van der Waals surface area contributed by atoms with Crippen molar-refractivity contribution in [1.82, 2.24) is 0 Å². The first-order valence-corrected chi connectivity index (χ1v) is 9.80. The van der Waals surface area contributed by atoms with Crippen molar-refractivity contribution in [3.8, 4) is 0 Å². The largest absolute Gasteiger partial charge is 0.454 e. The lowest BCUT2D eigenvalue weighted by atomic mass is 10.1. The van der Waals surface area contributed by atoms with Crippen molar-refractivity contribution >= 4 is 29.3 Å². The summed E-state index contributed by atoms with van der Waals surface area (Å²) in [6.45, 7) is 1.58. The molecule has 0 unspecified atom stereocenters. The van der Waals surface area contributed by atoms with Crippen LogP contribution in [0.1, 0.15) is 16.4 Å². The second-order valence-electron chi connectivity index (χ2n) is 6.19. The van der Waals surface area contributed by atoms with Gasteiger partial charge in [0, 0.05) is 10.6 Å². The van der Waals surface area contributed by atoms with Gasteiger partial charge in [-0.15, -0.1) is 11.8 Å². The highest BCUT2D eigenvalue weighted by atomic mass is 32.2. The fraction of sp³-hybridized carbons (Fsp3) is 0.130. The Kier molecular flexibility index (Phi) is 6.87. The van der Waals surface area contributed by atoms with Crippen LogP contribution in [-0.4, -0.2) is 18.5 Å². The summed E-state index contributed by atoms with van der Waals surface area (Å²) < 4.78 is 5.33. The fourth-order valence-electron chi connectivity index (χ4n) is 2.63. The average molecular weight is 391 g/mol. The van der Waals surface area contributed by atoms with Crippen LogP contribution in [0.4, 0.5) is 5.69 Å². The first-order valence-electron chi connectivity index (χ1n) is 8.92. The molecule has 0 spiro atoms. The number of esters is 1. The number of rotatable bonds is 7. The second-order valence-corrected chi connectivity index (χ2v) is 7.37. The van der Waals surface area contributed by atoms with Gasteiger partial charge < -0.3 is 10.1 Å². The molecule has 1 N–H and O–H groups in total. The van der Waals surface area contributed by atoms with Crippen LogP contribution >= 0.6 is 11.8 Å². The molecule has 0 aromatic heterocycles. The number of carbonyl (C=O) groups is 2. The van der Waals surface area contributed by atoms with E-state index in [2.05, 4.69) is 5.32 Å². The van der Waals surface area contributed by atoms with Crippen molar-refractivity contribution in [3.63, 3.8) is 0 Å². The third kappa shape index (κ3) is 5.47. The van der Waals surface area contributed by atoms with E-state index in [0.717, 1.165) is 16.0 Å². The minimum Gasteiger partial charge on any atom is -0.454 e. The molecule has 0 aliphatic carbocycles. The van der Waals surface area contributed by atoms with Crippen LogP contribution in [0.25, 0.3) is 0 Å². The molecule has 3 rings (SSSR count). The molecule has 4 nitrogen and oxygen atoms in total. The Bertz CT molecular complexity index is 929. The highest BCUT2D eigenvalue weighted by Gasteiger charge is 2.24. The Morgan fingerprint density at radius 1 is 0.893 bits per heavy atom. The molecular weight excluding hydrogens is 370 g/mol. The molecule has 5 heteroatoms. The maximum atomic E-state index is 12.7. The quantitative estimate of drug-likeness (QED) is 0.454. The minimum absolute atomic E-state index is 0.328. The number of hydrogen-bond donors (Lipinski definition) is 1. The number of aryl methyl sites for hydroxylation is 1. The van der Waals surface area contributed by atoms with E-state index >= 15 is 0 Å². The van der Waals surface area contributed by atoms with Gasteiger partial charge in [0.25, 0.3) is 5.91 Å². The lowest BCUT2D eigenvalue weighted by Crippen LogP contribution is -2.23. The van der Waals surface area contributed by atoms with Crippen LogP contribution in [0, 0.1) is 6.92 Å². The predicted molar refractivity (Wildman–Crippen MR) is 112 cm³/mol. The Balaban J connectivity index is 1.66. The molecule has 3 aromatic carbocycles. The van der Waals surface area contributed by atoms with Crippen molar-refractivity contribution in [2.45, 2.75) is 17.1 Å². The minimum atomic E-state index is -0.546. The van der Waals surface area contributed by atoms with E-state index in [9.17, 15) is 9.59 Å². The van der Waals surface area contributed by atoms with E-state index in [0.29, 0.717) is 5.69 Å². The first kappa shape index (κ1) is 19.7. The van der Waals surface area contributed by atoms with Crippen LogP contribution in [0.2, 0.25) is 0 Å². The van der Waals surface area contributed by atoms with E-state index in [1.165, 1.54) is 11.8 Å². The topological polar surface area (TPSA) is 55.4 Å². The number of carbonyl (C=O) groups excluding carboxylic acids is 2. The maximum Gasteiger partial charge on any atom is 0.324 e. The normalized spacial score (nSPS) is 11.5. The Morgan fingerprint density at radius 2 is 1.50 bits per heavy atom. The summed E-state index contributed by atoms with van der Waals surface area (Å²) in [6, 6.07) is 26.5. The van der Waals surface area contributed by atoms with E-state index in [4.69, 9.17) is 4.74 Å². The zero-order valence-corrected chi connectivity index (χ0v) is 16.3. The maximum absolute atomic E-state index is 12.7. The summed E-state index contributed by atoms with van der Waals surface area (Å²) in [7, 11) is 0. The van der Waals surface area contributed by atoms with Crippen LogP contribution < -0.4 is 5.32 Å². The molecule has 0 fully saturated rings. The van der Waals surface area contributed by atoms with E-state index < -0.39 is 11.2 Å². The molecule has 0 radical (unpaired) electrons. The summed E-state index contributed by atoms with van der Waals surface area (Å²) in [6.07, 6.45) is 0. The summed E-state index contributed by atoms with van der Waals surface area (Å²) in [4.78, 5) is 25.9. The van der Waals surface area contributed by atoms with Crippen molar-refractivity contribution < 1.29 is 14.3 Å². The Morgan fingerprint density at radius 3 is 2.18 bits per heavy atom. The standard InChI is InChI=1S/C23H21NO3S/c1-17-10-8-9-15-20(17)24-21(25)16-27-23(26)22(18-11-4-2-5-12-18)28-19-13-6-3-7-14-19/h2-15,22H,16H2,1H3,(H,24,25)/t22-/m1/s1. The summed E-state index contributed by atoms with van der Waals surface area (Å²) in [5, 5.41) is 2.22. The van der Waals surface area contributed by atoms with Gasteiger partial charge in [0.2, 0.25) is 0 Å². The van der Waals surface area contributed by atoms with Crippen molar-refractivity contribution in [3.05, 3.63) is 96.1 Å². The molecule has 3 aromatic rings. The molecule has 0 aliphatic heterocycles. The van der Waals surface area contributed by atoms with E-state index in [-0.39, 0.29) is 12.5 Å². The highest BCUT2D eigenvalue weighted by Crippen LogP contribution is 2.36. The molecule has 0 heterocycles. The van der Waals surface area contributed by atoms with Crippen molar-refractivity contribution in [2.75, 3.05) is 11.9 Å². The van der Waals surface area contributed by atoms with Gasteiger partial charge in [0.05, 0.1) is 0 Å². The second kappa shape index (κ2) is 9.76. The van der Waals surface area contributed by atoms with E-state index in [1.807, 2.05) is 91.9 Å². The number of thioether (sulfide) groups is 1. The molecule has 0 aliphatic rings. The number of amides is 1. The number of ether oxygens (including phenoxy) is 1.